The Labute approximate surface area is 92.6 Å². The van der Waals surface area contributed by atoms with Crippen molar-refractivity contribution in [2.45, 2.75) is 26.7 Å². The van der Waals surface area contributed by atoms with Gasteiger partial charge in [-0.05, 0) is 51.4 Å². The first-order chi connectivity index (χ1) is 7.19. The molecule has 0 heterocycles. The summed E-state index contributed by atoms with van der Waals surface area (Å²) in [6, 6.07) is 4.39. The molecule has 0 aliphatic rings. The molecule has 1 aromatic carbocycles. The number of benzene rings is 1. The smallest absolute Gasteiger partial charge is 0.124 e. The van der Waals surface area contributed by atoms with Gasteiger partial charge in [-0.2, -0.15) is 0 Å². The molecule has 84 valence electrons. The Balaban J connectivity index is 2.84. The van der Waals surface area contributed by atoms with E-state index in [9.17, 15) is 0 Å². The molecule has 2 heteroatoms. The molecule has 1 rings (SSSR count). The minimum absolute atomic E-state index is 1.05. The zero-order valence-corrected chi connectivity index (χ0v) is 10.2. The first-order valence-corrected chi connectivity index (χ1v) is 5.47. The van der Waals surface area contributed by atoms with E-state index in [0.717, 1.165) is 25.1 Å². The molecule has 2 nitrogen and oxygen atoms in total. The number of nitrogens with one attached hydrogen (secondary N) is 1. The van der Waals surface area contributed by atoms with Gasteiger partial charge in [0.25, 0.3) is 0 Å². The zero-order valence-electron chi connectivity index (χ0n) is 10.2. The molecule has 0 unspecified atom stereocenters. The van der Waals surface area contributed by atoms with Gasteiger partial charge in [0, 0.05) is 0 Å². The summed E-state index contributed by atoms with van der Waals surface area (Å²) in [6.07, 6.45) is 2.22. The lowest BCUT2D eigenvalue weighted by molar-refractivity contribution is 0.405. The van der Waals surface area contributed by atoms with Crippen LogP contribution in [0.3, 0.4) is 0 Å². The first-order valence-electron chi connectivity index (χ1n) is 5.47. The largest absolute Gasteiger partial charge is 0.496 e. The number of aryl methyl sites for hydroxylation is 3. The second-order valence-electron chi connectivity index (χ2n) is 3.98. The van der Waals surface area contributed by atoms with Crippen molar-refractivity contribution in [3.8, 4) is 5.75 Å². The summed E-state index contributed by atoms with van der Waals surface area (Å²) in [5, 5.41) is 3.16. The van der Waals surface area contributed by atoms with Crippen molar-refractivity contribution in [3.05, 3.63) is 28.8 Å². The van der Waals surface area contributed by atoms with Crippen molar-refractivity contribution in [2.75, 3.05) is 20.7 Å². The topological polar surface area (TPSA) is 21.3 Å². The van der Waals surface area contributed by atoms with E-state index in [1.54, 1.807) is 7.11 Å². The fraction of sp³-hybridized carbons (Fsp3) is 0.538. The van der Waals surface area contributed by atoms with Gasteiger partial charge in [0.1, 0.15) is 5.75 Å². The molecule has 15 heavy (non-hydrogen) atoms. The first kappa shape index (κ1) is 12.1. The molecule has 0 amide bonds. The summed E-state index contributed by atoms with van der Waals surface area (Å²) in [7, 11) is 3.73. The molecule has 0 aromatic heterocycles. The molecule has 1 aromatic rings. The van der Waals surface area contributed by atoms with Crippen LogP contribution in [0, 0.1) is 13.8 Å². The number of hydrogen-bond donors (Lipinski definition) is 1. The molecular formula is C13H21NO. The number of methoxy groups -OCH3 is 1. The van der Waals surface area contributed by atoms with E-state index in [4.69, 9.17) is 4.74 Å². The third-order valence-corrected chi connectivity index (χ3v) is 2.57. The highest BCUT2D eigenvalue weighted by Crippen LogP contribution is 2.25. The third-order valence-electron chi connectivity index (χ3n) is 2.57. The quantitative estimate of drug-likeness (QED) is 0.749. The van der Waals surface area contributed by atoms with Crippen molar-refractivity contribution in [1.29, 1.82) is 0 Å². The van der Waals surface area contributed by atoms with Crippen LogP contribution in [0.15, 0.2) is 12.1 Å². The Bertz CT molecular complexity index is 321. The molecule has 0 radical (unpaired) electrons. The van der Waals surface area contributed by atoms with Crippen LogP contribution in [-0.4, -0.2) is 20.7 Å². The van der Waals surface area contributed by atoms with Gasteiger partial charge in [0.15, 0.2) is 0 Å². The fourth-order valence-electron chi connectivity index (χ4n) is 1.98. The summed E-state index contributed by atoms with van der Waals surface area (Å²) in [4.78, 5) is 0. The van der Waals surface area contributed by atoms with Crippen molar-refractivity contribution in [2.24, 2.45) is 0 Å². The van der Waals surface area contributed by atoms with Gasteiger partial charge in [-0.3, -0.25) is 0 Å². The second-order valence-corrected chi connectivity index (χ2v) is 3.98. The van der Waals surface area contributed by atoms with Crippen molar-refractivity contribution >= 4 is 0 Å². The Morgan fingerprint density at radius 3 is 2.60 bits per heavy atom. The molecule has 0 atom stereocenters. The molecule has 0 fully saturated rings. The predicted octanol–water partition coefficient (Wildman–Crippen LogP) is 2.46. The standard InChI is InChI=1S/C13H21NO/c1-10-8-11(2)13(15-4)12(9-10)6-5-7-14-3/h8-9,14H,5-7H2,1-4H3. The van der Waals surface area contributed by atoms with Crippen molar-refractivity contribution in [1.82, 2.24) is 5.32 Å². The molecule has 0 aliphatic carbocycles. The maximum Gasteiger partial charge on any atom is 0.124 e. The van der Waals surface area contributed by atoms with Crippen LogP contribution in [0.1, 0.15) is 23.1 Å². The predicted molar refractivity (Wildman–Crippen MR) is 64.7 cm³/mol. The summed E-state index contributed by atoms with van der Waals surface area (Å²) >= 11 is 0. The molecule has 1 N–H and O–H groups in total. The van der Waals surface area contributed by atoms with E-state index in [2.05, 4.69) is 31.3 Å². The van der Waals surface area contributed by atoms with E-state index in [0.29, 0.717) is 0 Å². The summed E-state index contributed by atoms with van der Waals surface area (Å²) < 4.78 is 5.44. The molecule has 0 spiro atoms. The lowest BCUT2D eigenvalue weighted by Gasteiger charge is -2.12. The lowest BCUT2D eigenvalue weighted by atomic mass is 10.0. The van der Waals surface area contributed by atoms with Gasteiger partial charge >= 0.3 is 0 Å². The minimum Gasteiger partial charge on any atom is -0.496 e. The summed E-state index contributed by atoms with van der Waals surface area (Å²) in [6.45, 7) is 5.29. The van der Waals surface area contributed by atoms with Gasteiger partial charge in [-0.15, -0.1) is 0 Å². The number of hydrogen-bond acceptors (Lipinski definition) is 2. The van der Waals surface area contributed by atoms with E-state index in [-0.39, 0.29) is 0 Å². The van der Waals surface area contributed by atoms with Gasteiger partial charge < -0.3 is 10.1 Å². The van der Waals surface area contributed by atoms with E-state index in [1.165, 1.54) is 16.7 Å². The average molecular weight is 207 g/mol. The van der Waals surface area contributed by atoms with Gasteiger partial charge in [0.05, 0.1) is 7.11 Å². The monoisotopic (exact) mass is 207 g/mol. The summed E-state index contributed by atoms with van der Waals surface area (Å²) in [5.41, 5.74) is 3.87. The van der Waals surface area contributed by atoms with Gasteiger partial charge in [-0.1, -0.05) is 17.7 Å². The van der Waals surface area contributed by atoms with Gasteiger partial charge in [0.2, 0.25) is 0 Å². The van der Waals surface area contributed by atoms with Crippen LogP contribution in [0.4, 0.5) is 0 Å². The van der Waals surface area contributed by atoms with E-state index < -0.39 is 0 Å². The van der Waals surface area contributed by atoms with Crippen LogP contribution < -0.4 is 10.1 Å². The molecule has 0 aliphatic heterocycles. The zero-order chi connectivity index (χ0) is 11.3. The number of rotatable bonds is 5. The third kappa shape index (κ3) is 3.24. The highest BCUT2D eigenvalue weighted by molar-refractivity contribution is 5.43. The van der Waals surface area contributed by atoms with E-state index >= 15 is 0 Å². The lowest BCUT2D eigenvalue weighted by Crippen LogP contribution is -2.09. The Kier molecular flexibility index (Phi) is 4.63. The van der Waals surface area contributed by atoms with Crippen LogP contribution in [-0.2, 0) is 6.42 Å². The van der Waals surface area contributed by atoms with Crippen molar-refractivity contribution < 1.29 is 4.74 Å². The van der Waals surface area contributed by atoms with Crippen LogP contribution in [0.5, 0.6) is 5.75 Å². The summed E-state index contributed by atoms with van der Waals surface area (Å²) in [5.74, 6) is 1.05. The number of ether oxygens (including phenoxy) is 1. The van der Waals surface area contributed by atoms with E-state index in [1.807, 2.05) is 7.05 Å². The van der Waals surface area contributed by atoms with Gasteiger partial charge in [-0.25, -0.2) is 0 Å². The second kappa shape index (κ2) is 5.76. The highest BCUT2D eigenvalue weighted by Gasteiger charge is 2.06. The average Bonchev–Trinajstić information content (AvgIpc) is 2.17. The van der Waals surface area contributed by atoms with Crippen LogP contribution in [0.25, 0.3) is 0 Å². The Morgan fingerprint density at radius 2 is 2.00 bits per heavy atom. The Morgan fingerprint density at radius 1 is 1.27 bits per heavy atom. The van der Waals surface area contributed by atoms with Crippen LogP contribution >= 0.6 is 0 Å². The molecule has 0 saturated carbocycles. The minimum atomic E-state index is 1.05. The van der Waals surface area contributed by atoms with Crippen molar-refractivity contribution in [3.63, 3.8) is 0 Å². The van der Waals surface area contributed by atoms with Crippen LogP contribution in [0.2, 0.25) is 0 Å². The Hall–Kier alpha value is -1.02. The molecular weight excluding hydrogens is 186 g/mol. The maximum atomic E-state index is 5.44. The normalized spacial score (nSPS) is 10.4. The highest BCUT2D eigenvalue weighted by atomic mass is 16.5. The maximum absolute atomic E-state index is 5.44. The SMILES string of the molecule is CNCCCc1cc(C)cc(C)c1OC. The molecule has 0 bridgehead atoms. The fourth-order valence-corrected chi connectivity index (χ4v) is 1.98. The molecule has 0 saturated heterocycles.